The first-order valence-corrected chi connectivity index (χ1v) is 4.69. The topological polar surface area (TPSA) is 89.4 Å². The highest BCUT2D eigenvalue weighted by Crippen LogP contribution is 2.26. The lowest BCUT2D eigenvalue weighted by Crippen LogP contribution is -2.05. The molecule has 0 amide bonds. The number of methoxy groups -OCH3 is 1. The van der Waals surface area contributed by atoms with Crippen LogP contribution in [0.1, 0.15) is 21.0 Å². The maximum Gasteiger partial charge on any atom is 0.360 e. The highest BCUT2D eigenvalue weighted by molar-refractivity contribution is 5.98. The van der Waals surface area contributed by atoms with Crippen LogP contribution in [0.15, 0.2) is 18.3 Å². The van der Waals surface area contributed by atoms with E-state index in [9.17, 15) is 14.7 Å². The number of rotatable bonds is 2. The molecule has 0 saturated heterocycles. The minimum Gasteiger partial charge on any atom is -0.505 e. The van der Waals surface area contributed by atoms with Crippen molar-refractivity contribution in [2.75, 3.05) is 7.11 Å². The first-order chi connectivity index (χ1) is 8.17. The Hall–Kier alpha value is -2.50. The van der Waals surface area contributed by atoms with Crippen LogP contribution >= 0.6 is 0 Å². The predicted molar refractivity (Wildman–Crippen MR) is 57.9 cm³/mol. The van der Waals surface area contributed by atoms with Crippen LogP contribution in [-0.2, 0) is 4.74 Å². The number of esters is 1. The molecule has 17 heavy (non-hydrogen) atoms. The second-order valence-corrected chi connectivity index (χ2v) is 3.23. The van der Waals surface area contributed by atoms with Gasteiger partial charge in [-0.3, -0.25) is 4.79 Å². The molecular weight excluding hydrogens is 224 g/mol. The van der Waals surface area contributed by atoms with Crippen LogP contribution in [-0.4, -0.2) is 34.4 Å². The van der Waals surface area contributed by atoms with E-state index in [0.29, 0.717) is 17.2 Å². The Morgan fingerprint density at radius 3 is 2.88 bits per heavy atom. The van der Waals surface area contributed by atoms with E-state index in [-0.39, 0.29) is 17.1 Å². The summed E-state index contributed by atoms with van der Waals surface area (Å²) in [6.07, 6.45) is 1.89. The van der Waals surface area contributed by atoms with Gasteiger partial charge in [-0.1, -0.05) is 0 Å². The Kier molecular flexibility index (Phi) is 2.70. The minimum atomic E-state index is -0.733. The molecule has 2 rings (SSSR count). The Morgan fingerprint density at radius 1 is 1.47 bits per heavy atom. The summed E-state index contributed by atoms with van der Waals surface area (Å²) < 4.78 is 4.47. The number of nitrogens with zero attached hydrogens (tertiary/aromatic N) is 2. The number of pyridine rings is 2. The van der Waals surface area contributed by atoms with Crippen LogP contribution in [0, 0.1) is 0 Å². The molecule has 0 aliphatic rings. The van der Waals surface area contributed by atoms with Crippen molar-refractivity contribution in [2.24, 2.45) is 0 Å². The van der Waals surface area contributed by atoms with Crippen LogP contribution < -0.4 is 0 Å². The van der Waals surface area contributed by atoms with Crippen LogP contribution in [0.2, 0.25) is 0 Å². The van der Waals surface area contributed by atoms with Crippen molar-refractivity contribution < 1.29 is 19.4 Å². The van der Waals surface area contributed by atoms with Gasteiger partial charge in [-0.2, -0.15) is 0 Å². The predicted octanol–water partition coefficient (Wildman–Crippen LogP) is 0.935. The van der Waals surface area contributed by atoms with Crippen LogP contribution in [0.5, 0.6) is 5.75 Å². The van der Waals surface area contributed by atoms with E-state index >= 15 is 0 Å². The summed E-state index contributed by atoms with van der Waals surface area (Å²) in [4.78, 5) is 29.5. The molecule has 0 aromatic carbocycles. The quantitative estimate of drug-likeness (QED) is 0.612. The number of carbonyl (C=O) groups is 2. The fourth-order valence-electron chi connectivity index (χ4n) is 1.42. The lowest BCUT2D eigenvalue weighted by atomic mass is 10.2. The van der Waals surface area contributed by atoms with E-state index in [0.717, 1.165) is 0 Å². The van der Waals surface area contributed by atoms with Crippen molar-refractivity contribution in [2.45, 2.75) is 0 Å². The Morgan fingerprint density at radius 2 is 2.24 bits per heavy atom. The largest absolute Gasteiger partial charge is 0.505 e. The lowest BCUT2D eigenvalue weighted by molar-refractivity contribution is 0.0590. The Balaban J connectivity index is 2.68. The highest BCUT2D eigenvalue weighted by Gasteiger charge is 2.16. The maximum absolute atomic E-state index is 11.3. The molecule has 6 nitrogen and oxygen atoms in total. The van der Waals surface area contributed by atoms with Gasteiger partial charge in [0.2, 0.25) is 0 Å². The van der Waals surface area contributed by atoms with Gasteiger partial charge in [-0.25, -0.2) is 14.8 Å². The number of aromatic nitrogens is 2. The van der Waals surface area contributed by atoms with Crippen molar-refractivity contribution in [1.82, 2.24) is 9.97 Å². The average molecular weight is 232 g/mol. The standard InChI is InChI=1S/C11H8N2O4/c1-17-11(16)9-10(15)7-3-2-6(5-14)13-8(7)4-12-9/h2-5,15H,1H3. The van der Waals surface area contributed by atoms with Crippen molar-refractivity contribution in [3.8, 4) is 5.75 Å². The normalized spacial score (nSPS) is 10.2. The smallest absolute Gasteiger partial charge is 0.360 e. The third-order valence-corrected chi connectivity index (χ3v) is 2.24. The number of aromatic hydroxyl groups is 1. The molecule has 0 unspecified atom stereocenters. The van der Waals surface area contributed by atoms with Crippen molar-refractivity contribution in [3.05, 3.63) is 29.7 Å². The second kappa shape index (κ2) is 4.17. The van der Waals surface area contributed by atoms with E-state index in [2.05, 4.69) is 14.7 Å². The second-order valence-electron chi connectivity index (χ2n) is 3.23. The van der Waals surface area contributed by atoms with Gasteiger partial charge in [-0.15, -0.1) is 0 Å². The highest BCUT2D eigenvalue weighted by atomic mass is 16.5. The lowest BCUT2D eigenvalue weighted by Gasteiger charge is -2.04. The summed E-state index contributed by atoms with van der Waals surface area (Å²) in [5.74, 6) is -1.04. The molecule has 6 heteroatoms. The SMILES string of the molecule is COC(=O)c1ncc2nc(C=O)ccc2c1O. The molecule has 0 spiro atoms. The van der Waals surface area contributed by atoms with E-state index in [1.807, 2.05) is 0 Å². The van der Waals surface area contributed by atoms with Gasteiger partial charge in [-0.05, 0) is 12.1 Å². The number of hydrogen-bond donors (Lipinski definition) is 1. The third kappa shape index (κ3) is 1.80. The number of aldehydes is 1. The van der Waals surface area contributed by atoms with E-state index in [1.54, 1.807) is 0 Å². The monoisotopic (exact) mass is 232 g/mol. The van der Waals surface area contributed by atoms with Crippen LogP contribution in [0.25, 0.3) is 10.9 Å². The van der Waals surface area contributed by atoms with Gasteiger partial charge in [0.15, 0.2) is 17.7 Å². The molecule has 0 radical (unpaired) electrons. The molecule has 1 N–H and O–H groups in total. The molecule has 0 aliphatic carbocycles. The van der Waals surface area contributed by atoms with Gasteiger partial charge >= 0.3 is 5.97 Å². The molecular formula is C11H8N2O4. The molecule has 0 fully saturated rings. The van der Waals surface area contributed by atoms with E-state index in [4.69, 9.17) is 0 Å². The van der Waals surface area contributed by atoms with Gasteiger partial charge < -0.3 is 9.84 Å². The fraction of sp³-hybridized carbons (Fsp3) is 0.0909. The summed E-state index contributed by atoms with van der Waals surface area (Å²) >= 11 is 0. The number of fused-ring (bicyclic) bond motifs is 1. The summed E-state index contributed by atoms with van der Waals surface area (Å²) in [6.45, 7) is 0. The Bertz CT molecular complexity index is 610. The molecule has 0 saturated carbocycles. The molecule has 2 aromatic rings. The van der Waals surface area contributed by atoms with Gasteiger partial charge in [0.05, 0.1) is 18.8 Å². The average Bonchev–Trinajstić information content (AvgIpc) is 2.38. The fourth-order valence-corrected chi connectivity index (χ4v) is 1.42. The number of hydrogen-bond acceptors (Lipinski definition) is 6. The zero-order valence-corrected chi connectivity index (χ0v) is 8.88. The zero-order chi connectivity index (χ0) is 12.4. The van der Waals surface area contributed by atoms with Crippen molar-refractivity contribution >= 4 is 23.2 Å². The Labute approximate surface area is 95.9 Å². The third-order valence-electron chi connectivity index (χ3n) is 2.24. The zero-order valence-electron chi connectivity index (χ0n) is 8.88. The first-order valence-electron chi connectivity index (χ1n) is 4.69. The summed E-state index contributed by atoms with van der Waals surface area (Å²) in [5.41, 5.74) is 0.380. The van der Waals surface area contributed by atoms with Gasteiger partial charge in [0.1, 0.15) is 5.69 Å². The molecule has 2 aromatic heterocycles. The summed E-state index contributed by atoms with van der Waals surface area (Å²) in [5, 5.41) is 10.2. The van der Waals surface area contributed by atoms with Crippen LogP contribution in [0.3, 0.4) is 0 Å². The van der Waals surface area contributed by atoms with E-state index in [1.165, 1.54) is 25.4 Å². The molecule has 0 atom stereocenters. The number of ether oxygens (including phenoxy) is 1. The molecule has 0 aliphatic heterocycles. The van der Waals surface area contributed by atoms with Crippen molar-refractivity contribution in [3.63, 3.8) is 0 Å². The summed E-state index contributed by atoms with van der Waals surface area (Å²) in [6, 6.07) is 2.94. The van der Waals surface area contributed by atoms with E-state index < -0.39 is 5.97 Å². The summed E-state index contributed by atoms with van der Waals surface area (Å²) in [7, 11) is 1.20. The van der Waals surface area contributed by atoms with Gasteiger partial charge in [0.25, 0.3) is 0 Å². The molecule has 2 heterocycles. The molecule has 0 bridgehead atoms. The molecule has 86 valence electrons. The van der Waals surface area contributed by atoms with Gasteiger partial charge in [0, 0.05) is 5.39 Å². The minimum absolute atomic E-state index is 0.180. The van der Waals surface area contributed by atoms with Crippen molar-refractivity contribution in [1.29, 1.82) is 0 Å². The first kappa shape index (κ1) is 11.0. The maximum atomic E-state index is 11.3. The number of carbonyl (C=O) groups excluding carboxylic acids is 2. The van der Waals surface area contributed by atoms with Crippen LogP contribution in [0.4, 0.5) is 0 Å².